The second-order valence-electron chi connectivity index (χ2n) is 10.4. The lowest BCUT2D eigenvalue weighted by atomic mass is 9.75. The Balaban J connectivity index is 0.000000371. The van der Waals surface area contributed by atoms with Gasteiger partial charge in [-0.2, -0.15) is 0 Å². The maximum absolute atomic E-state index is 9.55. The first-order valence-electron chi connectivity index (χ1n) is 13.7. The van der Waals surface area contributed by atoms with Crippen molar-refractivity contribution in [3.63, 3.8) is 0 Å². The number of hydrogen-bond acceptors (Lipinski definition) is 4. The minimum Gasteiger partial charge on any atom is -0.478 e. The van der Waals surface area contributed by atoms with Crippen molar-refractivity contribution in [2.24, 2.45) is 0 Å². The molecule has 3 fully saturated rings. The Morgan fingerprint density at radius 1 is 0.714 bits per heavy atom. The normalized spacial score (nSPS) is 22.3. The van der Waals surface area contributed by atoms with Crippen LogP contribution in [0.4, 0.5) is 5.69 Å². The molecule has 0 unspecified atom stereocenters. The Morgan fingerprint density at radius 2 is 1.17 bits per heavy atom. The Kier molecular flexibility index (Phi) is 11.1. The molecule has 1 aliphatic carbocycles. The van der Waals surface area contributed by atoms with Crippen molar-refractivity contribution in [2.75, 3.05) is 24.5 Å². The summed E-state index contributed by atoms with van der Waals surface area (Å²) in [5, 5.41) is 15.6. The molecule has 2 aliphatic heterocycles. The lowest BCUT2D eigenvalue weighted by molar-refractivity contribution is -0.134. The Morgan fingerprint density at radius 3 is 1.60 bits per heavy atom. The van der Waals surface area contributed by atoms with Gasteiger partial charge in [0.15, 0.2) is 0 Å². The molecule has 3 aliphatic rings. The number of benzene rings is 1. The molecule has 1 saturated carbocycles. The van der Waals surface area contributed by atoms with E-state index in [9.17, 15) is 9.59 Å². The van der Waals surface area contributed by atoms with Gasteiger partial charge in [0.2, 0.25) is 0 Å². The summed E-state index contributed by atoms with van der Waals surface area (Å²) < 4.78 is 0. The van der Waals surface area contributed by atoms with Gasteiger partial charge in [-0.05, 0) is 44.2 Å². The van der Waals surface area contributed by atoms with Crippen LogP contribution in [0.2, 0.25) is 0 Å². The second kappa shape index (κ2) is 14.3. The quantitative estimate of drug-likeness (QED) is 0.501. The minimum absolute atomic E-state index is 0.475. The Labute approximate surface area is 211 Å². The van der Waals surface area contributed by atoms with Crippen LogP contribution in [0.1, 0.15) is 89.9 Å². The van der Waals surface area contributed by atoms with E-state index < -0.39 is 11.9 Å². The molecule has 35 heavy (non-hydrogen) atoms. The molecule has 194 valence electrons. The third kappa shape index (κ3) is 8.68. The topological polar surface area (TPSA) is 81.1 Å². The summed E-state index contributed by atoms with van der Waals surface area (Å²) in [5.74, 6) is -2.51. The maximum atomic E-state index is 9.55. The van der Waals surface area contributed by atoms with Crippen LogP contribution < -0.4 is 4.90 Å². The molecular formula is C29H44N2O4. The first kappa shape index (κ1) is 27.3. The summed E-state index contributed by atoms with van der Waals surface area (Å²) in [6.07, 6.45) is 21.4. The van der Waals surface area contributed by atoms with Crippen LogP contribution in [0.3, 0.4) is 0 Å². The molecular weight excluding hydrogens is 440 g/mol. The van der Waals surface area contributed by atoms with Gasteiger partial charge in [0, 0.05) is 49.1 Å². The number of aliphatic carboxylic acids is 2. The summed E-state index contributed by atoms with van der Waals surface area (Å²) >= 11 is 0. The van der Waals surface area contributed by atoms with E-state index in [0.29, 0.717) is 17.7 Å². The van der Waals surface area contributed by atoms with Crippen molar-refractivity contribution in [3.8, 4) is 0 Å². The molecule has 0 amide bonds. The van der Waals surface area contributed by atoms with E-state index in [1.54, 1.807) is 0 Å². The number of para-hydroxylation sites is 1. The van der Waals surface area contributed by atoms with E-state index in [1.165, 1.54) is 115 Å². The molecule has 0 atom stereocenters. The summed E-state index contributed by atoms with van der Waals surface area (Å²) in [4.78, 5) is 24.7. The molecule has 1 aromatic rings. The molecule has 1 spiro atoms. The molecule has 4 rings (SSSR count). The van der Waals surface area contributed by atoms with Gasteiger partial charge < -0.3 is 20.0 Å². The van der Waals surface area contributed by atoms with Crippen molar-refractivity contribution in [1.29, 1.82) is 0 Å². The molecule has 0 radical (unpaired) electrons. The maximum Gasteiger partial charge on any atom is 0.328 e. The number of anilines is 1. The van der Waals surface area contributed by atoms with Crippen LogP contribution in [0.25, 0.3) is 0 Å². The fourth-order valence-electron chi connectivity index (χ4n) is 6.03. The number of rotatable bonds is 4. The van der Waals surface area contributed by atoms with Crippen LogP contribution >= 0.6 is 0 Å². The molecule has 2 N–H and O–H groups in total. The van der Waals surface area contributed by atoms with Gasteiger partial charge in [0.1, 0.15) is 0 Å². The largest absolute Gasteiger partial charge is 0.478 e. The number of carbonyl (C=O) groups is 2. The van der Waals surface area contributed by atoms with Gasteiger partial charge in [0.25, 0.3) is 0 Å². The molecule has 6 nitrogen and oxygen atoms in total. The monoisotopic (exact) mass is 484 g/mol. The average Bonchev–Trinajstić information content (AvgIpc) is 2.84. The van der Waals surface area contributed by atoms with Crippen LogP contribution in [0.5, 0.6) is 0 Å². The third-order valence-electron chi connectivity index (χ3n) is 8.13. The van der Waals surface area contributed by atoms with Crippen LogP contribution in [0.15, 0.2) is 42.5 Å². The molecule has 2 heterocycles. The van der Waals surface area contributed by atoms with Gasteiger partial charge in [-0.1, -0.05) is 76.0 Å². The second-order valence-corrected chi connectivity index (χ2v) is 10.4. The number of carboxylic acids is 2. The zero-order valence-corrected chi connectivity index (χ0v) is 21.2. The van der Waals surface area contributed by atoms with Crippen LogP contribution in [0, 0.1) is 0 Å². The van der Waals surface area contributed by atoms with Gasteiger partial charge in [-0.15, -0.1) is 0 Å². The summed E-state index contributed by atoms with van der Waals surface area (Å²) in [5.41, 5.74) is 1.92. The van der Waals surface area contributed by atoms with Crippen molar-refractivity contribution in [2.45, 2.75) is 101 Å². The molecule has 2 saturated heterocycles. The standard InChI is InChI=1S/C25H40N2.C4H4O4/c1-2-4-6-9-13-23(14-10-7-5-3-1)26-20-17-25(18-21-26)19-22-27(25)24-15-11-8-12-16-24;5-3(6)1-2-4(7)8/h8,11-12,15-16,23H,1-7,9-10,13-14,17-22H2;1-2H,(H,5,6)(H,7,8). The average molecular weight is 485 g/mol. The first-order valence-corrected chi connectivity index (χ1v) is 13.7. The van der Waals surface area contributed by atoms with E-state index in [1.807, 2.05) is 0 Å². The lowest BCUT2D eigenvalue weighted by Gasteiger charge is -2.58. The molecule has 1 aromatic carbocycles. The lowest BCUT2D eigenvalue weighted by Crippen LogP contribution is -2.65. The molecule has 0 aromatic heterocycles. The predicted molar refractivity (Wildman–Crippen MR) is 141 cm³/mol. The van der Waals surface area contributed by atoms with E-state index in [4.69, 9.17) is 10.2 Å². The minimum atomic E-state index is -1.26. The highest BCUT2D eigenvalue weighted by molar-refractivity contribution is 5.89. The van der Waals surface area contributed by atoms with Crippen molar-refractivity contribution < 1.29 is 19.8 Å². The zero-order valence-electron chi connectivity index (χ0n) is 21.2. The van der Waals surface area contributed by atoms with Crippen molar-refractivity contribution in [3.05, 3.63) is 42.5 Å². The summed E-state index contributed by atoms with van der Waals surface area (Å²) in [6.45, 7) is 3.91. The Hall–Kier alpha value is -2.34. The zero-order chi connectivity index (χ0) is 24.9. The SMILES string of the molecule is O=C(O)C=CC(=O)O.c1ccc(N2CCC23CCN(C2CCCCCCCCCCC2)CC3)cc1. The van der Waals surface area contributed by atoms with Crippen LogP contribution in [-0.4, -0.2) is 58.3 Å². The number of likely N-dealkylation sites (tertiary alicyclic amines) is 1. The van der Waals surface area contributed by atoms with Gasteiger partial charge in [0.05, 0.1) is 0 Å². The van der Waals surface area contributed by atoms with Crippen molar-refractivity contribution in [1.82, 2.24) is 4.90 Å². The number of hydrogen-bond donors (Lipinski definition) is 2. The van der Waals surface area contributed by atoms with Gasteiger partial charge in [-0.3, -0.25) is 0 Å². The van der Waals surface area contributed by atoms with E-state index in [2.05, 4.69) is 40.1 Å². The summed E-state index contributed by atoms with van der Waals surface area (Å²) in [6, 6.07) is 12.0. The Bertz CT molecular complexity index is 774. The molecule has 0 bridgehead atoms. The highest BCUT2D eigenvalue weighted by atomic mass is 16.4. The fourth-order valence-corrected chi connectivity index (χ4v) is 6.03. The van der Waals surface area contributed by atoms with E-state index in [0.717, 1.165) is 6.04 Å². The van der Waals surface area contributed by atoms with E-state index >= 15 is 0 Å². The van der Waals surface area contributed by atoms with E-state index in [-0.39, 0.29) is 0 Å². The predicted octanol–water partition coefficient (Wildman–Crippen LogP) is 6.12. The smallest absolute Gasteiger partial charge is 0.328 e. The van der Waals surface area contributed by atoms with Crippen LogP contribution in [-0.2, 0) is 9.59 Å². The number of nitrogens with zero attached hydrogens (tertiary/aromatic N) is 2. The highest BCUT2D eigenvalue weighted by Crippen LogP contribution is 2.43. The van der Waals surface area contributed by atoms with Gasteiger partial charge >= 0.3 is 11.9 Å². The first-order chi connectivity index (χ1) is 17.0. The number of carboxylic acid groups (broad SMARTS) is 2. The third-order valence-corrected chi connectivity index (χ3v) is 8.13. The highest BCUT2D eigenvalue weighted by Gasteiger charge is 2.46. The van der Waals surface area contributed by atoms with Gasteiger partial charge in [-0.25, -0.2) is 9.59 Å². The van der Waals surface area contributed by atoms with Crippen molar-refractivity contribution >= 4 is 17.6 Å². The summed E-state index contributed by atoms with van der Waals surface area (Å²) in [7, 11) is 0. The molecule has 6 heteroatoms. The fraction of sp³-hybridized carbons (Fsp3) is 0.655. The number of piperidine rings is 1.